The first-order valence-electron chi connectivity index (χ1n) is 6.30. The topological polar surface area (TPSA) is 69.7 Å². The Balaban J connectivity index is 2.74. The molecule has 1 aromatic rings. The average molecular weight is 299 g/mol. The number of anilines is 1. The summed E-state index contributed by atoms with van der Waals surface area (Å²) in [5, 5.41) is 2.74. The largest absolute Gasteiger partial charge is 0.325 e. The Kier molecular flexibility index (Phi) is 5.67. The summed E-state index contributed by atoms with van der Waals surface area (Å²) >= 11 is 0. The summed E-state index contributed by atoms with van der Waals surface area (Å²) < 4.78 is 25.7. The normalized spacial score (nSPS) is 11.9. The molecule has 0 aliphatic carbocycles. The molecule has 1 amide bonds. The second kappa shape index (κ2) is 6.83. The summed E-state index contributed by atoms with van der Waals surface area (Å²) in [5.41, 5.74) is 1.73. The smallest absolute Gasteiger partial charge is 0.281 e. The second-order valence-electron chi connectivity index (χ2n) is 4.61. The highest BCUT2D eigenvalue weighted by molar-refractivity contribution is 7.86. The van der Waals surface area contributed by atoms with Gasteiger partial charge in [0.05, 0.1) is 6.54 Å². The van der Waals surface area contributed by atoms with Crippen molar-refractivity contribution in [3.05, 3.63) is 29.8 Å². The lowest BCUT2D eigenvalue weighted by Crippen LogP contribution is -2.41. The van der Waals surface area contributed by atoms with E-state index in [0.29, 0.717) is 0 Å². The number of nitrogens with one attached hydrogen (secondary N) is 1. The van der Waals surface area contributed by atoms with Crippen LogP contribution in [-0.4, -0.2) is 50.6 Å². The molecule has 0 aliphatic heterocycles. The van der Waals surface area contributed by atoms with Crippen LogP contribution < -0.4 is 5.32 Å². The van der Waals surface area contributed by atoms with E-state index < -0.39 is 10.2 Å². The van der Waals surface area contributed by atoms with Gasteiger partial charge in [0.15, 0.2) is 0 Å². The van der Waals surface area contributed by atoms with Crippen LogP contribution in [0.4, 0.5) is 5.69 Å². The van der Waals surface area contributed by atoms with Crippen LogP contribution in [0.3, 0.4) is 0 Å². The predicted molar refractivity (Wildman–Crippen MR) is 79.7 cm³/mol. The highest BCUT2D eigenvalue weighted by Gasteiger charge is 2.22. The van der Waals surface area contributed by atoms with Crippen molar-refractivity contribution in [1.29, 1.82) is 0 Å². The molecule has 0 aromatic heterocycles. The van der Waals surface area contributed by atoms with E-state index in [1.54, 1.807) is 6.07 Å². The summed E-state index contributed by atoms with van der Waals surface area (Å²) in [6.45, 7) is 1.77. The van der Waals surface area contributed by atoms with E-state index in [9.17, 15) is 13.2 Å². The van der Waals surface area contributed by atoms with Gasteiger partial charge in [0.1, 0.15) is 0 Å². The predicted octanol–water partition coefficient (Wildman–Crippen LogP) is 0.926. The van der Waals surface area contributed by atoms with E-state index in [0.717, 1.165) is 26.3 Å². The van der Waals surface area contributed by atoms with E-state index in [2.05, 4.69) is 5.32 Å². The molecule has 1 aromatic carbocycles. The zero-order valence-electron chi connectivity index (χ0n) is 12.3. The molecule has 0 aliphatic rings. The maximum Gasteiger partial charge on any atom is 0.281 e. The fourth-order valence-electron chi connectivity index (χ4n) is 1.70. The molecule has 1 rings (SSSR count). The molecule has 0 saturated heterocycles. The first-order valence-corrected chi connectivity index (χ1v) is 7.70. The lowest BCUT2D eigenvalue weighted by Gasteiger charge is -2.21. The number of carbonyl (C=O) groups excluding carboxylic acids is 1. The van der Waals surface area contributed by atoms with Gasteiger partial charge < -0.3 is 5.32 Å². The maximum atomic E-state index is 11.9. The Morgan fingerprint density at radius 2 is 1.80 bits per heavy atom. The Morgan fingerprint density at radius 3 is 2.35 bits per heavy atom. The molecular formula is C13H21N3O3S. The third-order valence-corrected chi connectivity index (χ3v) is 4.73. The number of likely N-dealkylation sites (N-methyl/N-ethyl adjacent to an activating group) is 1. The lowest BCUT2D eigenvalue weighted by molar-refractivity contribution is -0.116. The molecule has 1 N–H and O–H groups in total. The van der Waals surface area contributed by atoms with Gasteiger partial charge in [-0.1, -0.05) is 25.1 Å². The summed E-state index contributed by atoms with van der Waals surface area (Å²) in [7, 11) is 0.655. The highest BCUT2D eigenvalue weighted by atomic mass is 32.2. The number of nitrogens with zero attached hydrogens (tertiary/aromatic N) is 2. The molecule has 0 bridgehead atoms. The number of carbonyl (C=O) groups is 1. The van der Waals surface area contributed by atoms with E-state index in [-0.39, 0.29) is 12.5 Å². The molecule has 0 atom stereocenters. The fraction of sp³-hybridized carbons (Fsp3) is 0.462. The molecule has 0 radical (unpaired) electrons. The molecule has 0 unspecified atom stereocenters. The van der Waals surface area contributed by atoms with Gasteiger partial charge in [-0.2, -0.15) is 17.0 Å². The summed E-state index contributed by atoms with van der Waals surface area (Å²) in [6.07, 6.45) is 0.794. The molecule has 0 fully saturated rings. The van der Waals surface area contributed by atoms with Crippen molar-refractivity contribution >= 4 is 21.8 Å². The van der Waals surface area contributed by atoms with Crippen LogP contribution in [0.15, 0.2) is 24.3 Å². The molecule has 0 heterocycles. The van der Waals surface area contributed by atoms with Gasteiger partial charge in [0.2, 0.25) is 5.91 Å². The molecule has 112 valence electrons. The molecule has 0 spiro atoms. The Hall–Kier alpha value is -1.44. The minimum absolute atomic E-state index is 0.224. The van der Waals surface area contributed by atoms with Gasteiger partial charge >= 0.3 is 0 Å². The lowest BCUT2D eigenvalue weighted by atomic mass is 10.1. The number of hydrogen-bond donors (Lipinski definition) is 1. The van der Waals surface area contributed by atoms with Crippen LogP contribution in [0.2, 0.25) is 0 Å². The third-order valence-electron chi connectivity index (χ3n) is 2.89. The van der Waals surface area contributed by atoms with Crippen molar-refractivity contribution in [3.63, 3.8) is 0 Å². The average Bonchev–Trinajstić information content (AvgIpc) is 2.38. The third kappa shape index (κ3) is 4.03. The Morgan fingerprint density at radius 1 is 1.20 bits per heavy atom. The minimum atomic E-state index is -3.57. The maximum absolute atomic E-state index is 11.9. The van der Waals surface area contributed by atoms with Gasteiger partial charge in [-0.3, -0.25) is 4.79 Å². The molecular weight excluding hydrogens is 278 g/mol. The van der Waals surface area contributed by atoms with Crippen LogP contribution in [0.1, 0.15) is 12.5 Å². The van der Waals surface area contributed by atoms with Crippen molar-refractivity contribution in [2.24, 2.45) is 0 Å². The molecule has 7 heteroatoms. The highest BCUT2D eigenvalue weighted by Crippen LogP contribution is 2.15. The zero-order valence-corrected chi connectivity index (χ0v) is 13.1. The second-order valence-corrected chi connectivity index (χ2v) is 6.85. The molecule has 0 saturated carbocycles. The zero-order chi connectivity index (χ0) is 15.3. The van der Waals surface area contributed by atoms with Crippen LogP contribution in [-0.2, 0) is 21.4 Å². The van der Waals surface area contributed by atoms with Crippen molar-refractivity contribution in [2.45, 2.75) is 13.3 Å². The van der Waals surface area contributed by atoms with Gasteiger partial charge in [-0.05, 0) is 18.1 Å². The monoisotopic (exact) mass is 299 g/mol. The van der Waals surface area contributed by atoms with Crippen LogP contribution in [0, 0.1) is 0 Å². The van der Waals surface area contributed by atoms with Crippen molar-refractivity contribution in [2.75, 3.05) is 33.0 Å². The Labute approximate surface area is 120 Å². The van der Waals surface area contributed by atoms with E-state index in [1.807, 2.05) is 25.1 Å². The number of aryl methyl sites for hydroxylation is 1. The minimum Gasteiger partial charge on any atom is -0.325 e. The van der Waals surface area contributed by atoms with E-state index >= 15 is 0 Å². The van der Waals surface area contributed by atoms with Crippen molar-refractivity contribution in [1.82, 2.24) is 8.61 Å². The van der Waals surface area contributed by atoms with Crippen molar-refractivity contribution < 1.29 is 13.2 Å². The number of benzene rings is 1. The quantitative estimate of drug-likeness (QED) is 0.849. The van der Waals surface area contributed by atoms with Gasteiger partial charge in [0.25, 0.3) is 10.2 Å². The van der Waals surface area contributed by atoms with E-state index in [4.69, 9.17) is 0 Å². The molecule has 20 heavy (non-hydrogen) atoms. The van der Waals surface area contributed by atoms with Crippen LogP contribution >= 0.6 is 0 Å². The van der Waals surface area contributed by atoms with Gasteiger partial charge in [-0.25, -0.2) is 0 Å². The standard InChI is InChI=1S/C13H21N3O3S/c1-5-11-8-6-7-9-12(11)14-13(17)10-16(4)20(18,19)15(2)3/h6-9H,5,10H2,1-4H3,(H,14,17). The van der Waals surface area contributed by atoms with Crippen LogP contribution in [0.25, 0.3) is 0 Å². The summed E-state index contributed by atoms with van der Waals surface area (Å²) in [6, 6.07) is 7.46. The number of amides is 1. The van der Waals surface area contributed by atoms with Gasteiger partial charge in [-0.15, -0.1) is 0 Å². The summed E-state index contributed by atoms with van der Waals surface area (Å²) in [5.74, 6) is -0.362. The fourth-order valence-corrected chi connectivity index (χ4v) is 2.54. The number of rotatable bonds is 6. The van der Waals surface area contributed by atoms with Gasteiger partial charge in [0, 0.05) is 26.8 Å². The molecule has 6 nitrogen and oxygen atoms in total. The number of para-hydroxylation sites is 1. The number of hydrogen-bond acceptors (Lipinski definition) is 3. The Bertz CT molecular complexity index is 570. The first-order chi connectivity index (χ1) is 9.28. The first kappa shape index (κ1) is 16.6. The van der Waals surface area contributed by atoms with Crippen LogP contribution in [0.5, 0.6) is 0 Å². The SMILES string of the molecule is CCc1ccccc1NC(=O)CN(C)S(=O)(=O)N(C)C. The summed E-state index contributed by atoms with van der Waals surface area (Å²) in [4.78, 5) is 11.9. The van der Waals surface area contributed by atoms with Crippen molar-refractivity contribution in [3.8, 4) is 0 Å². The van der Waals surface area contributed by atoms with E-state index in [1.165, 1.54) is 21.1 Å².